The van der Waals surface area contributed by atoms with E-state index in [1.165, 1.54) is 6.20 Å². The first-order valence-corrected chi connectivity index (χ1v) is 4.29. The molecule has 76 valence electrons. The number of aromatic nitrogens is 1. The van der Waals surface area contributed by atoms with Crippen LogP contribution in [0.5, 0.6) is 5.88 Å². The van der Waals surface area contributed by atoms with Crippen LogP contribution in [0.2, 0.25) is 0 Å². The molecule has 1 rings (SSSR count). The SMILES string of the molecule is Cc1ccnc(OC(C)C)c1[N+](=O)[O-]. The molecule has 0 atom stereocenters. The molecule has 14 heavy (non-hydrogen) atoms. The Morgan fingerprint density at radius 3 is 2.71 bits per heavy atom. The molecule has 5 heteroatoms. The van der Waals surface area contributed by atoms with Crippen LogP contribution in [-0.2, 0) is 0 Å². The normalized spacial score (nSPS) is 10.3. The van der Waals surface area contributed by atoms with Crippen molar-refractivity contribution in [2.75, 3.05) is 0 Å². The summed E-state index contributed by atoms with van der Waals surface area (Å²) in [5.41, 5.74) is 0.502. The van der Waals surface area contributed by atoms with E-state index in [2.05, 4.69) is 4.98 Å². The average Bonchev–Trinajstić information content (AvgIpc) is 2.01. The van der Waals surface area contributed by atoms with Gasteiger partial charge in [-0.25, -0.2) is 4.98 Å². The number of rotatable bonds is 3. The molecule has 0 aliphatic heterocycles. The number of aryl methyl sites for hydroxylation is 1. The van der Waals surface area contributed by atoms with Crippen LogP contribution >= 0.6 is 0 Å². The first-order chi connectivity index (χ1) is 6.52. The van der Waals surface area contributed by atoms with Crippen LogP contribution in [0.25, 0.3) is 0 Å². The molecule has 0 spiro atoms. The second-order valence-corrected chi connectivity index (χ2v) is 3.21. The molecule has 0 radical (unpaired) electrons. The minimum Gasteiger partial charge on any atom is -0.470 e. The van der Waals surface area contributed by atoms with E-state index in [1.54, 1.807) is 26.8 Å². The molecule has 1 aromatic heterocycles. The molecule has 0 aromatic carbocycles. The van der Waals surface area contributed by atoms with Crippen LogP contribution in [0.15, 0.2) is 12.3 Å². The second-order valence-electron chi connectivity index (χ2n) is 3.21. The molecule has 0 fully saturated rings. The highest BCUT2D eigenvalue weighted by molar-refractivity contribution is 5.47. The molecule has 0 bridgehead atoms. The van der Waals surface area contributed by atoms with Crippen LogP contribution in [-0.4, -0.2) is 16.0 Å². The molecule has 0 N–H and O–H groups in total. The van der Waals surface area contributed by atoms with E-state index in [1.807, 2.05) is 0 Å². The van der Waals surface area contributed by atoms with Crippen molar-refractivity contribution in [3.8, 4) is 5.88 Å². The third-order valence-electron chi connectivity index (χ3n) is 1.62. The van der Waals surface area contributed by atoms with Gasteiger partial charge in [-0.05, 0) is 26.8 Å². The Bertz CT molecular complexity index is 350. The minimum absolute atomic E-state index is 0.0544. The fourth-order valence-corrected chi connectivity index (χ4v) is 1.06. The van der Waals surface area contributed by atoms with Crippen molar-refractivity contribution >= 4 is 5.69 Å². The Kier molecular flexibility index (Phi) is 3.01. The van der Waals surface area contributed by atoms with Crippen LogP contribution < -0.4 is 4.74 Å². The lowest BCUT2D eigenvalue weighted by molar-refractivity contribution is -0.386. The maximum atomic E-state index is 10.7. The molecule has 0 aliphatic rings. The molecule has 0 aliphatic carbocycles. The predicted octanol–water partition coefficient (Wildman–Crippen LogP) is 2.09. The smallest absolute Gasteiger partial charge is 0.333 e. The highest BCUT2D eigenvalue weighted by atomic mass is 16.6. The summed E-state index contributed by atoms with van der Waals surface area (Å²) in [5.74, 6) is 0.0880. The Balaban J connectivity index is 3.14. The maximum Gasteiger partial charge on any atom is 0.333 e. The van der Waals surface area contributed by atoms with E-state index in [9.17, 15) is 10.1 Å². The molecule has 0 unspecified atom stereocenters. The summed E-state index contributed by atoms with van der Waals surface area (Å²) in [6.45, 7) is 5.26. The second kappa shape index (κ2) is 4.04. The van der Waals surface area contributed by atoms with Crippen molar-refractivity contribution in [3.05, 3.63) is 27.9 Å². The molecular formula is C9H12N2O3. The van der Waals surface area contributed by atoms with E-state index in [0.717, 1.165) is 0 Å². The van der Waals surface area contributed by atoms with Gasteiger partial charge in [0.2, 0.25) is 0 Å². The highest BCUT2D eigenvalue weighted by Crippen LogP contribution is 2.28. The van der Waals surface area contributed by atoms with Gasteiger partial charge in [0.25, 0.3) is 5.88 Å². The van der Waals surface area contributed by atoms with E-state index in [0.29, 0.717) is 5.56 Å². The lowest BCUT2D eigenvalue weighted by Gasteiger charge is -2.09. The molecule has 0 saturated heterocycles. The Hall–Kier alpha value is -1.65. The number of hydrogen-bond acceptors (Lipinski definition) is 4. The highest BCUT2D eigenvalue weighted by Gasteiger charge is 2.20. The first kappa shape index (κ1) is 10.4. The number of ether oxygens (including phenoxy) is 1. The lowest BCUT2D eigenvalue weighted by atomic mass is 10.2. The standard InChI is InChI=1S/C9H12N2O3/c1-6(2)14-9-8(11(12)13)7(3)4-5-10-9/h4-6H,1-3H3. The Labute approximate surface area is 81.9 Å². The van der Waals surface area contributed by atoms with Gasteiger partial charge in [-0.15, -0.1) is 0 Å². The molecular weight excluding hydrogens is 184 g/mol. The summed E-state index contributed by atoms with van der Waals surface area (Å²) < 4.78 is 5.23. The molecule has 1 aromatic rings. The van der Waals surface area contributed by atoms with Crippen molar-refractivity contribution in [1.29, 1.82) is 0 Å². The summed E-state index contributed by atoms with van der Waals surface area (Å²) in [6, 6.07) is 1.59. The molecule has 0 amide bonds. The summed E-state index contributed by atoms with van der Waals surface area (Å²) in [7, 11) is 0. The Morgan fingerprint density at radius 1 is 1.57 bits per heavy atom. The maximum absolute atomic E-state index is 10.7. The zero-order valence-electron chi connectivity index (χ0n) is 8.35. The predicted molar refractivity (Wildman–Crippen MR) is 51.4 cm³/mol. The van der Waals surface area contributed by atoms with Crippen molar-refractivity contribution in [3.63, 3.8) is 0 Å². The topological polar surface area (TPSA) is 65.3 Å². The monoisotopic (exact) mass is 196 g/mol. The van der Waals surface area contributed by atoms with Crippen molar-refractivity contribution in [1.82, 2.24) is 4.98 Å². The van der Waals surface area contributed by atoms with Crippen LogP contribution in [0.4, 0.5) is 5.69 Å². The third-order valence-corrected chi connectivity index (χ3v) is 1.62. The van der Waals surface area contributed by atoms with Crippen LogP contribution in [0.1, 0.15) is 19.4 Å². The zero-order valence-corrected chi connectivity index (χ0v) is 8.35. The van der Waals surface area contributed by atoms with Crippen LogP contribution in [0.3, 0.4) is 0 Å². The van der Waals surface area contributed by atoms with Gasteiger partial charge < -0.3 is 4.74 Å². The third kappa shape index (κ3) is 2.18. The van der Waals surface area contributed by atoms with E-state index >= 15 is 0 Å². The Morgan fingerprint density at radius 2 is 2.21 bits per heavy atom. The van der Waals surface area contributed by atoms with Crippen molar-refractivity contribution < 1.29 is 9.66 Å². The van der Waals surface area contributed by atoms with Crippen molar-refractivity contribution in [2.24, 2.45) is 0 Å². The summed E-state index contributed by atoms with van der Waals surface area (Å²) >= 11 is 0. The van der Waals surface area contributed by atoms with Gasteiger partial charge in [-0.1, -0.05) is 0 Å². The van der Waals surface area contributed by atoms with Gasteiger partial charge in [0.1, 0.15) is 0 Å². The largest absolute Gasteiger partial charge is 0.470 e. The number of hydrogen-bond donors (Lipinski definition) is 0. The fraction of sp³-hybridized carbons (Fsp3) is 0.444. The molecule has 0 saturated carbocycles. The summed E-state index contributed by atoms with van der Waals surface area (Å²) in [4.78, 5) is 14.1. The van der Waals surface area contributed by atoms with Gasteiger partial charge >= 0.3 is 5.69 Å². The minimum atomic E-state index is -0.472. The first-order valence-electron chi connectivity index (χ1n) is 4.29. The van der Waals surface area contributed by atoms with E-state index in [-0.39, 0.29) is 17.7 Å². The van der Waals surface area contributed by atoms with Gasteiger partial charge in [0.05, 0.1) is 11.0 Å². The van der Waals surface area contributed by atoms with Crippen molar-refractivity contribution in [2.45, 2.75) is 26.9 Å². The summed E-state index contributed by atoms with van der Waals surface area (Å²) in [5, 5.41) is 10.7. The quantitative estimate of drug-likeness (QED) is 0.548. The lowest BCUT2D eigenvalue weighted by Crippen LogP contribution is -2.09. The summed E-state index contributed by atoms with van der Waals surface area (Å²) in [6.07, 6.45) is 1.38. The average molecular weight is 196 g/mol. The molecule has 5 nitrogen and oxygen atoms in total. The van der Waals surface area contributed by atoms with E-state index in [4.69, 9.17) is 4.74 Å². The zero-order chi connectivity index (χ0) is 10.7. The van der Waals surface area contributed by atoms with E-state index < -0.39 is 4.92 Å². The number of pyridine rings is 1. The number of nitrogens with zero attached hydrogens (tertiary/aromatic N) is 2. The van der Waals surface area contributed by atoms with Gasteiger partial charge in [-0.3, -0.25) is 10.1 Å². The van der Waals surface area contributed by atoms with Crippen LogP contribution in [0, 0.1) is 17.0 Å². The van der Waals surface area contributed by atoms with Gasteiger partial charge in [0.15, 0.2) is 0 Å². The van der Waals surface area contributed by atoms with Gasteiger partial charge in [0, 0.05) is 11.8 Å². The van der Waals surface area contributed by atoms with Gasteiger partial charge in [-0.2, -0.15) is 0 Å². The molecule has 1 heterocycles. The number of nitro groups is 1. The fourth-order valence-electron chi connectivity index (χ4n) is 1.06.